The maximum Gasteiger partial charge on any atom is 0.191 e. The molecule has 2 N–H and O–H groups in total. The monoisotopic (exact) mass is 276 g/mol. The molecule has 0 bridgehead atoms. The van der Waals surface area contributed by atoms with Crippen LogP contribution in [0.2, 0.25) is 0 Å². The third-order valence-corrected chi connectivity index (χ3v) is 4.25. The summed E-state index contributed by atoms with van der Waals surface area (Å²) in [5.41, 5.74) is 6.09. The van der Waals surface area contributed by atoms with Gasteiger partial charge in [-0.3, -0.25) is 0 Å². The van der Waals surface area contributed by atoms with E-state index in [4.69, 9.17) is 5.73 Å². The van der Waals surface area contributed by atoms with Gasteiger partial charge in [-0.2, -0.15) is 0 Å². The molecular formula is C14H24N6. The number of aliphatic imine (C=N–C) groups is 1. The molecule has 0 atom stereocenters. The number of nitrogens with two attached hydrogens (primary N) is 1. The van der Waals surface area contributed by atoms with Crippen LogP contribution in [-0.2, 0) is 19.5 Å². The second-order valence-electron chi connectivity index (χ2n) is 5.72. The molecule has 3 heterocycles. The van der Waals surface area contributed by atoms with Crippen molar-refractivity contribution < 1.29 is 0 Å². The number of rotatable bonds is 2. The Hall–Kier alpha value is -1.59. The highest BCUT2D eigenvalue weighted by molar-refractivity contribution is 5.78. The van der Waals surface area contributed by atoms with E-state index >= 15 is 0 Å². The van der Waals surface area contributed by atoms with Gasteiger partial charge in [0.2, 0.25) is 0 Å². The first-order valence-electron chi connectivity index (χ1n) is 7.80. The molecule has 1 aromatic rings. The lowest BCUT2D eigenvalue weighted by molar-refractivity contribution is 0.338. The fourth-order valence-corrected chi connectivity index (χ4v) is 3.04. The number of hydrogen-bond acceptors (Lipinski definition) is 3. The van der Waals surface area contributed by atoms with Gasteiger partial charge in [0.05, 0.1) is 0 Å². The summed E-state index contributed by atoms with van der Waals surface area (Å²) in [7, 11) is 0. The fraction of sp³-hybridized carbons (Fsp3) is 0.786. The predicted molar refractivity (Wildman–Crippen MR) is 78.3 cm³/mol. The van der Waals surface area contributed by atoms with Crippen LogP contribution >= 0.6 is 0 Å². The zero-order valence-electron chi connectivity index (χ0n) is 12.1. The van der Waals surface area contributed by atoms with Crippen LogP contribution in [0, 0.1) is 0 Å². The number of guanidine groups is 1. The van der Waals surface area contributed by atoms with Crippen LogP contribution in [0.5, 0.6) is 0 Å². The molecule has 0 aliphatic carbocycles. The van der Waals surface area contributed by atoms with Crippen LogP contribution < -0.4 is 5.73 Å². The van der Waals surface area contributed by atoms with Gasteiger partial charge in [0.1, 0.15) is 12.4 Å². The lowest BCUT2D eigenvalue weighted by Crippen LogP contribution is -2.40. The molecule has 0 aromatic carbocycles. The quantitative estimate of drug-likeness (QED) is 0.653. The Balaban J connectivity index is 1.67. The van der Waals surface area contributed by atoms with Crippen molar-refractivity contribution in [3.63, 3.8) is 0 Å². The van der Waals surface area contributed by atoms with Crippen LogP contribution in [-0.4, -0.2) is 38.7 Å². The van der Waals surface area contributed by atoms with Crippen molar-refractivity contribution in [1.82, 2.24) is 19.7 Å². The molecule has 0 radical (unpaired) electrons. The smallest absolute Gasteiger partial charge is 0.191 e. The summed E-state index contributed by atoms with van der Waals surface area (Å²) in [5.74, 6) is 2.74. The highest BCUT2D eigenvalue weighted by atomic mass is 15.3. The lowest BCUT2D eigenvalue weighted by atomic mass is 10.1. The summed E-state index contributed by atoms with van der Waals surface area (Å²) < 4.78 is 2.24. The minimum atomic E-state index is 0.551. The van der Waals surface area contributed by atoms with Gasteiger partial charge in [-0.05, 0) is 32.1 Å². The first-order chi connectivity index (χ1) is 9.84. The van der Waals surface area contributed by atoms with Crippen molar-refractivity contribution >= 4 is 5.96 Å². The first kappa shape index (κ1) is 13.4. The van der Waals surface area contributed by atoms with Gasteiger partial charge in [0.15, 0.2) is 11.8 Å². The zero-order valence-corrected chi connectivity index (χ0v) is 12.1. The highest BCUT2D eigenvalue weighted by Crippen LogP contribution is 2.15. The summed E-state index contributed by atoms with van der Waals surface area (Å²) >= 11 is 0. The molecule has 0 spiro atoms. The minimum absolute atomic E-state index is 0.551. The van der Waals surface area contributed by atoms with Crippen molar-refractivity contribution in [2.45, 2.75) is 58.0 Å². The molecule has 1 saturated heterocycles. The first-order valence-corrected chi connectivity index (χ1v) is 7.80. The van der Waals surface area contributed by atoms with Crippen LogP contribution in [0.3, 0.4) is 0 Å². The summed E-state index contributed by atoms with van der Waals surface area (Å²) in [4.78, 5) is 6.71. The molecule has 2 aliphatic heterocycles. The number of fused-ring (bicyclic) bond motifs is 1. The van der Waals surface area contributed by atoms with Crippen molar-refractivity contribution in [2.24, 2.45) is 10.7 Å². The molecule has 2 aliphatic rings. The van der Waals surface area contributed by atoms with E-state index in [1.54, 1.807) is 0 Å². The lowest BCUT2D eigenvalue weighted by Gasteiger charge is -2.27. The number of nitrogens with zero attached hydrogens (tertiary/aromatic N) is 5. The van der Waals surface area contributed by atoms with Crippen molar-refractivity contribution in [1.29, 1.82) is 0 Å². The van der Waals surface area contributed by atoms with E-state index in [2.05, 4.69) is 24.7 Å². The van der Waals surface area contributed by atoms with E-state index in [1.165, 1.54) is 38.5 Å². The Morgan fingerprint density at radius 2 is 1.75 bits per heavy atom. The Bertz CT molecular complexity index is 472. The predicted octanol–water partition coefficient (Wildman–Crippen LogP) is 1.31. The molecule has 0 saturated carbocycles. The molecule has 3 rings (SSSR count). The van der Waals surface area contributed by atoms with E-state index in [-0.39, 0.29) is 0 Å². The second-order valence-corrected chi connectivity index (χ2v) is 5.72. The van der Waals surface area contributed by atoms with E-state index < -0.39 is 0 Å². The van der Waals surface area contributed by atoms with Crippen LogP contribution in [0.15, 0.2) is 4.99 Å². The normalized spacial score (nSPS) is 20.6. The molecule has 1 fully saturated rings. The van der Waals surface area contributed by atoms with E-state index in [0.29, 0.717) is 12.5 Å². The van der Waals surface area contributed by atoms with Gasteiger partial charge in [0, 0.05) is 26.1 Å². The molecule has 0 unspecified atom stereocenters. The fourth-order valence-electron chi connectivity index (χ4n) is 3.04. The zero-order chi connectivity index (χ0) is 13.8. The van der Waals surface area contributed by atoms with Gasteiger partial charge in [-0.1, -0.05) is 6.42 Å². The summed E-state index contributed by atoms with van der Waals surface area (Å²) in [6.45, 7) is 3.65. The maximum atomic E-state index is 6.09. The number of aromatic nitrogens is 3. The molecule has 110 valence electrons. The van der Waals surface area contributed by atoms with Crippen molar-refractivity contribution in [2.75, 3.05) is 13.1 Å². The number of aryl methyl sites for hydroxylation is 1. The Morgan fingerprint density at radius 1 is 1.00 bits per heavy atom. The van der Waals surface area contributed by atoms with E-state index in [9.17, 15) is 0 Å². The average molecular weight is 276 g/mol. The molecule has 6 nitrogen and oxygen atoms in total. The maximum absolute atomic E-state index is 6.09. The summed E-state index contributed by atoms with van der Waals surface area (Å²) in [6, 6.07) is 0. The van der Waals surface area contributed by atoms with Gasteiger partial charge in [-0.15, -0.1) is 10.2 Å². The molecule has 0 amide bonds. The SMILES string of the molecule is NC(=NCc1nnc2n1CCCCC2)N1CCCCC1. The Labute approximate surface area is 120 Å². The largest absolute Gasteiger partial charge is 0.370 e. The Kier molecular flexibility index (Phi) is 4.18. The number of hydrogen-bond donors (Lipinski definition) is 1. The van der Waals surface area contributed by atoms with Gasteiger partial charge < -0.3 is 15.2 Å². The average Bonchev–Trinajstić information content (AvgIpc) is 2.72. The number of piperidine rings is 1. The summed E-state index contributed by atoms with van der Waals surface area (Å²) in [5, 5.41) is 8.58. The van der Waals surface area contributed by atoms with Crippen molar-refractivity contribution in [3.05, 3.63) is 11.6 Å². The summed E-state index contributed by atoms with van der Waals surface area (Å²) in [6.07, 6.45) is 8.50. The molecular weight excluding hydrogens is 252 g/mol. The van der Waals surface area contributed by atoms with Crippen LogP contribution in [0.25, 0.3) is 0 Å². The molecule has 20 heavy (non-hydrogen) atoms. The second kappa shape index (κ2) is 6.24. The number of likely N-dealkylation sites (tertiary alicyclic amines) is 1. The Morgan fingerprint density at radius 3 is 2.60 bits per heavy atom. The van der Waals surface area contributed by atoms with Gasteiger partial charge in [0.25, 0.3) is 0 Å². The van der Waals surface area contributed by atoms with E-state index in [1.807, 2.05) is 0 Å². The minimum Gasteiger partial charge on any atom is -0.370 e. The third kappa shape index (κ3) is 2.94. The third-order valence-electron chi connectivity index (χ3n) is 4.25. The molecule has 1 aromatic heterocycles. The topological polar surface area (TPSA) is 72.3 Å². The van der Waals surface area contributed by atoms with Crippen LogP contribution in [0.1, 0.15) is 50.2 Å². The molecule has 6 heteroatoms. The van der Waals surface area contributed by atoms with Gasteiger partial charge in [-0.25, -0.2) is 4.99 Å². The van der Waals surface area contributed by atoms with Crippen LogP contribution in [0.4, 0.5) is 0 Å². The van der Waals surface area contributed by atoms with Crippen molar-refractivity contribution in [3.8, 4) is 0 Å². The van der Waals surface area contributed by atoms with E-state index in [0.717, 1.165) is 37.7 Å². The standard InChI is InChI=1S/C14H24N6/c15-14(19-8-4-2-5-9-19)16-11-13-18-17-12-7-3-1-6-10-20(12)13/h1-11H2,(H2,15,16). The van der Waals surface area contributed by atoms with Gasteiger partial charge >= 0.3 is 0 Å². The highest BCUT2D eigenvalue weighted by Gasteiger charge is 2.15.